The first-order valence-corrected chi connectivity index (χ1v) is 6.87. The highest BCUT2D eigenvalue weighted by Gasteiger charge is 2.30. The fraction of sp³-hybridized carbons (Fsp3) is 0.294. The summed E-state index contributed by atoms with van der Waals surface area (Å²) >= 11 is 0. The normalized spacial score (nSPS) is 14.1. The van der Waals surface area contributed by atoms with Crippen LogP contribution in [-0.2, 0) is 19.0 Å². The number of ether oxygens (including phenoxy) is 1. The van der Waals surface area contributed by atoms with Gasteiger partial charge in [0, 0.05) is 0 Å². The molecule has 21 heavy (non-hydrogen) atoms. The van der Waals surface area contributed by atoms with Crippen molar-refractivity contribution in [3.05, 3.63) is 53.1 Å². The molecule has 0 atom stereocenters. The Morgan fingerprint density at radius 3 is 2.48 bits per heavy atom. The number of rotatable bonds is 2. The van der Waals surface area contributed by atoms with Gasteiger partial charge in [0.05, 0.1) is 12.7 Å². The molecule has 4 heteroatoms. The summed E-state index contributed by atoms with van der Waals surface area (Å²) in [5.74, 6) is 0.832. The number of methoxy groups -OCH3 is 1. The van der Waals surface area contributed by atoms with Crippen LogP contribution in [0.5, 0.6) is 5.75 Å². The van der Waals surface area contributed by atoms with E-state index in [-0.39, 0.29) is 0 Å². The van der Waals surface area contributed by atoms with E-state index in [4.69, 9.17) is 4.74 Å². The summed E-state index contributed by atoms with van der Waals surface area (Å²) in [6.45, 7) is 0. The fourth-order valence-corrected chi connectivity index (χ4v) is 3.00. The molecule has 0 heterocycles. The van der Waals surface area contributed by atoms with Crippen LogP contribution >= 0.6 is 0 Å². The van der Waals surface area contributed by atoms with E-state index in [1.165, 1.54) is 12.1 Å². The van der Waals surface area contributed by atoms with Gasteiger partial charge in [-0.2, -0.15) is 13.2 Å². The van der Waals surface area contributed by atoms with Gasteiger partial charge in [0.2, 0.25) is 0 Å². The van der Waals surface area contributed by atoms with Gasteiger partial charge in [-0.25, -0.2) is 0 Å². The quantitative estimate of drug-likeness (QED) is 0.767. The van der Waals surface area contributed by atoms with Gasteiger partial charge in [-0.05, 0) is 59.7 Å². The summed E-state index contributed by atoms with van der Waals surface area (Å²) in [5.41, 5.74) is 3.14. The Balaban J connectivity index is 2.12. The van der Waals surface area contributed by atoms with Crippen LogP contribution in [0.4, 0.5) is 13.2 Å². The Morgan fingerprint density at radius 1 is 1.00 bits per heavy atom. The van der Waals surface area contributed by atoms with Crippen molar-refractivity contribution < 1.29 is 17.9 Å². The Kier molecular flexibility index (Phi) is 3.40. The van der Waals surface area contributed by atoms with Crippen LogP contribution in [0.15, 0.2) is 36.4 Å². The van der Waals surface area contributed by atoms with E-state index >= 15 is 0 Å². The van der Waals surface area contributed by atoms with Crippen LogP contribution in [-0.4, -0.2) is 7.11 Å². The third-order valence-electron chi connectivity index (χ3n) is 3.96. The molecule has 0 fully saturated rings. The highest BCUT2D eigenvalue weighted by molar-refractivity contribution is 5.72. The molecule has 0 saturated heterocycles. The molecule has 0 bridgehead atoms. The number of alkyl halides is 3. The Hall–Kier alpha value is -1.97. The fourth-order valence-electron chi connectivity index (χ4n) is 3.00. The molecule has 0 spiro atoms. The van der Waals surface area contributed by atoms with Gasteiger partial charge in [0.25, 0.3) is 0 Å². The average Bonchev–Trinajstić information content (AvgIpc) is 2.95. The summed E-state index contributed by atoms with van der Waals surface area (Å²) in [6.07, 6.45) is -1.49. The topological polar surface area (TPSA) is 9.23 Å². The molecule has 1 aliphatic rings. The Morgan fingerprint density at radius 2 is 1.76 bits per heavy atom. The number of fused-ring (bicyclic) bond motifs is 1. The van der Waals surface area contributed by atoms with E-state index in [2.05, 4.69) is 0 Å². The zero-order valence-corrected chi connectivity index (χ0v) is 11.6. The zero-order chi connectivity index (χ0) is 15.0. The van der Waals surface area contributed by atoms with Crippen molar-refractivity contribution in [2.24, 2.45) is 0 Å². The third kappa shape index (κ3) is 2.50. The summed E-state index contributed by atoms with van der Waals surface area (Å²) in [4.78, 5) is 0. The molecule has 0 N–H and O–H groups in total. The van der Waals surface area contributed by atoms with Gasteiger partial charge in [0.1, 0.15) is 5.75 Å². The SMILES string of the molecule is COc1ccc(-c2cccc(C(F)(F)F)c2)c2c1CCC2. The molecular weight excluding hydrogens is 277 g/mol. The van der Waals surface area contributed by atoms with Gasteiger partial charge in [0.15, 0.2) is 0 Å². The molecule has 0 unspecified atom stereocenters. The van der Waals surface area contributed by atoms with Crippen LogP contribution < -0.4 is 4.74 Å². The Bertz CT molecular complexity index is 674. The second-order valence-corrected chi connectivity index (χ2v) is 5.20. The van der Waals surface area contributed by atoms with E-state index in [0.717, 1.165) is 47.8 Å². The molecule has 2 aromatic rings. The van der Waals surface area contributed by atoms with Crippen molar-refractivity contribution in [2.75, 3.05) is 7.11 Å². The monoisotopic (exact) mass is 292 g/mol. The summed E-state index contributed by atoms with van der Waals surface area (Å²) < 4.78 is 43.9. The minimum absolute atomic E-state index is 0.609. The molecule has 0 radical (unpaired) electrons. The maximum absolute atomic E-state index is 12.9. The van der Waals surface area contributed by atoms with Gasteiger partial charge in [-0.15, -0.1) is 0 Å². The van der Waals surface area contributed by atoms with E-state index < -0.39 is 11.7 Å². The molecule has 1 aliphatic carbocycles. The summed E-state index contributed by atoms with van der Waals surface area (Å²) in [5, 5.41) is 0. The second-order valence-electron chi connectivity index (χ2n) is 5.20. The van der Waals surface area contributed by atoms with Crippen LogP contribution in [0.25, 0.3) is 11.1 Å². The lowest BCUT2D eigenvalue weighted by Gasteiger charge is -2.14. The van der Waals surface area contributed by atoms with Gasteiger partial charge >= 0.3 is 6.18 Å². The molecule has 3 rings (SSSR count). The number of hydrogen-bond donors (Lipinski definition) is 0. The number of hydrogen-bond acceptors (Lipinski definition) is 1. The first-order chi connectivity index (χ1) is 10.0. The van der Waals surface area contributed by atoms with Crippen molar-refractivity contribution in [1.82, 2.24) is 0 Å². The lowest BCUT2D eigenvalue weighted by Crippen LogP contribution is -2.04. The number of halogens is 3. The van der Waals surface area contributed by atoms with Crippen molar-refractivity contribution in [3.8, 4) is 16.9 Å². The van der Waals surface area contributed by atoms with Crippen molar-refractivity contribution in [3.63, 3.8) is 0 Å². The smallest absolute Gasteiger partial charge is 0.416 e. The second kappa shape index (κ2) is 5.10. The van der Waals surface area contributed by atoms with Crippen LogP contribution in [0.3, 0.4) is 0 Å². The lowest BCUT2D eigenvalue weighted by molar-refractivity contribution is -0.137. The van der Waals surface area contributed by atoms with Crippen LogP contribution in [0.1, 0.15) is 23.1 Å². The first-order valence-electron chi connectivity index (χ1n) is 6.87. The maximum atomic E-state index is 12.9. The van der Waals surface area contributed by atoms with Gasteiger partial charge < -0.3 is 4.74 Å². The molecule has 110 valence electrons. The van der Waals surface area contributed by atoms with Crippen molar-refractivity contribution in [1.29, 1.82) is 0 Å². The lowest BCUT2D eigenvalue weighted by atomic mass is 9.95. The zero-order valence-electron chi connectivity index (χ0n) is 11.6. The van der Waals surface area contributed by atoms with E-state index in [9.17, 15) is 13.2 Å². The van der Waals surface area contributed by atoms with E-state index in [0.29, 0.717) is 5.56 Å². The molecule has 0 aliphatic heterocycles. The van der Waals surface area contributed by atoms with E-state index in [1.54, 1.807) is 13.2 Å². The Labute approximate surface area is 121 Å². The molecular formula is C17H15F3O. The molecule has 2 aromatic carbocycles. The largest absolute Gasteiger partial charge is 0.496 e. The van der Waals surface area contributed by atoms with Gasteiger partial charge in [-0.3, -0.25) is 0 Å². The summed E-state index contributed by atoms with van der Waals surface area (Å²) in [6, 6.07) is 9.23. The third-order valence-corrected chi connectivity index (χ3v) is 3.96. The minimum atomic E-state index is -4.31. The van der Waals surface area contributed by atoms with Crippen molar-refractivity contribution >= 4 is 0 Å². The predicted molar refractivity (Wildman–Crippen MR) is 75.5 cm³/mol. The number of benzene rings is 2. The molecule has 1 nitrogen and oxygen atoms in total. The van der Waals surface area contributed by atoms with Crippen LogP contribution in [0, 0.1) is 0 Å². The predicted octanol–water partition coefficient (Wildman–Crippen LogP) is 4.87. The summed E-state index contributed by atoms with van der Waals surface area (Å²) in [7, 11) is 1.62. The first kappa shape index (κ1) is 14.0. The average molecular weight is 292 g/mol. The highest BCUT2D eigenvalue weighted by atomic mass is 19.4. The standard InChI is InChI=1S/C17H15F3O/c1-21-16-9-8-13(14-6-3-7-15(14)16)11-4-2-5-12(10-11)17(18,19)20/h2,4-5,8-10H,3,6-7H2,1H3. The highest BCUT2D eigenvalue weighted by Crippen LogP contribution is 2.39. The van der Waals surface area contributed by atoms with Crippen LogP contribution in [0.2, 0.25) is 0 Å². The van der Waals surface area contributed by atoms with E-state index in [1.807, 2.05) is 12.1 Å². The molecule has 0 aromatic heterocycles. The van der Waals surface area contributed by atoms with Gasteiger partial charge in [-0.1, -0.05) is 18.2 Å². The van der Waals surface area contributed by atoms with Crippen molar-refractivity contribution in [2.45, 2.75) is 25.4 Å². The molecule has 0 amide bonds. The minimum Gasteiger partial charge on any atom is -0.496 e. The maximum Gasteiger partial charge on any atom is 0.416 e. The molecule has 0 saturated carbocycles.